The van der Waals surface area contributed by atoms with Crippen LogP contribution in [0.2, 0.25) is 0 Å². The number of sulfonamides is 2. The maximum Gasteiger partial charge on any atom is 0.321 e. The molecule has 17 heteroatoms. The molecule has 0 bridgehead atoms. The van der Waals surface area contributed by atoms with Gasteiger partial charge in [-0.05, 0) is 110 Å². The third-order valence-electron chi connectivity index (χ3n) is 9.21. The molecule has 0 aliphatic rings. The van der Waals surface area contributed by atoms with Gasteiger partial charge in [0.05, 0.1) is 55.9 Å². The van der Waals surface area contributed by atoms with Crippen molar-refractivity contribution in [2.24, 2.45) is 0 Å². The van der Waals surface area contributed by atoms with Gasteiger partial charge >= 0.3 is 11.9 Å². The first-order valence-corrected chi connectivity index (χ1v) is 21.6. The van der Waals surface area contributed by atoms with Gasteiger partial charge in [0.2, 0.25) is 20.0 Å². The number of nitrogens with one attached hydrogen (secondary N) is 1. The Bertz CT molecular complexity index is 2680. The number of pyridine rings is 2. The van der Waals surface area contributed by atoms with Crippen LogP contribution in [0.5, 0.6) is 11.5 Å². The molecule has 61 heavy (non-hydrogen) atoms. The van der Waals surface area contributed by atoms with E-state index >= 15 is 0 Å². The van der Waals surface area contributed by atoms with Gasteiger partial charge in [-0.1, -0.05) is 36.4 Å². The van der Waals surface area contributed by atoms with Crippen molar-refractivity contribution in [1.82, 2.24) is 19.0 Å². The minimum Gasteiger partial charge on any atom is -0.497 e. The number of aromatic nitrogens is 2. The molecule has 15 nitrogen and oxygen atoms in total. The number of rotatable bonds is 13. The maximum atomic E-state index is 13.5. The Kier molecular flexibility index (Phi) is 16.8. The number of carbonyl (C=O) groups excluding carboxylic acids is 2. The molecule has 0 aliphatic heterocycles. The van der Waals surface area contributed by atoms with E-state index in [1.165, 1.54) is 28.4 Å². The zero-order valence-corrected chi connectivity index (χ0v) is 36.9. The van der Waals surface area contributed by atoms with Crippen molar-refractivity contribution < 1.29 is 50.5 Å². The van der Waals surface area contributed by atoms with Gasteiger partial charge in [-0.15, -0.1) is 0 Å². The minimum absolute atomic E-state index is 0.0137. The lowest BCUT2D eigenvalue weighted by molar-refractivity contribution is -0.141. The number of fused-ring (bicyclic) bond motifs is 2. The molecule has 0 saturated heterocycles. The Labute approximate surface area is 356 Å². The zero-order valence-electron chi connectivity index (χ0n) is 35.3. The number of ether oxygens (including phenoxy) is 4. The molecule has 0 aliphatic carbocycles. The van der Waals surface area contributed by atoms with Crippen molar-refractivity contribution in [2.75, 3.05) is 41.5 Å². The van der Waals surface area contributed by atoms with Crippen molar-refractivity contribution in [3.8, 4) is 11.5 Å². The van der Waals surface area contributed by atoms with Crippen molar-refractivity contribution in [2.45, 2.75) is 50.6 Å². The first-order valence-electron chi connectivity index (χ1n) is 18.7. The summed E-state index contributed by atoms with van der Waals surface area (Å²) >= 11 is 0. The third kappa shape index (κ3) is 12.5. The SMILES string of the molecule is COC(=O)CN(Cc1cnc2ccccc2c1)S(=O)(=O)c1c(C)cc(OC)cc1C.COC(=O)CNS(=O)(=O)c1c(C)cc(OC)cc1C.OCc1cnc2ccccc2c1. The Morgan fingerprint density at radius 3 is 1.54 bits per heavy atom. The smallest absolute Gasteiger partial charge is 0.321 e. The first-order chi connectivity index (χ1) is 29.0. The molecule has 0 spiro atoms. The van der Waals surface area contributed by atoms with Gasteiger partial charge in [-0.25, -0.2) is 16.8 Å². The molecule has 6 rings (SSSR count). The number of carbonyl (C=O) groups is 2. The van der Waals surface area contributed by atoms with Crippen LogP contribution >= 0.6 is 0 Å². The Balaban J connectivity index is 0.000000224. The van der Waals surface area contributed by atoms with Gasteiger partial charge in [0.25, 0.3) is 0 Å². The van der Waals surface area contributed by atoms with Crippen molar-refractivity contribution in [3.63, 3.8) is 0 Å². The van der Waals surface area contributed by atoms with Crippen molar-refractivity contribution >= 4 is 53.8 Å². The number of aliphatic hydroxyl groups is 1. The van der Waals surface area contributed by atoms with Crippen LogP contribution in [-0.4, -0.2) is 89.7 Å². The summed E-state index contributed by atoms with van der Waals surface area (Å²) in [4.78, 5) is 31.9. The lowest BCUT2D eigenvalue weighted by Crippen LogP contribution is -2.36. The highest BCUT2D eigenvalue weighted by Crippen LogP contribution is 2.30. The number of hydrogen-bond acceptors (Lipinski definition) is 13. The molecule has 0 radical (unpaired) electrons. The van der Waals surface area contributed by atoms with Crippen LogP contribution < -0.4 is 14.2 Å². The second kappa shape index (κ2) is 21.5. The maximum absolute atomic E-state index is 13.5. The summed E-state index contributed by atoms with van der Waals surface area (Å²) in [7, 11) is -2.29. The predicted molar refractivity (Wildman–Crippen MR) is 231 cm³/mol. The number of benzene rings is 4. The lowest BCUT2D eigenvalue weighted by Gasteiger charge is -2.23. The zero-order chi connectivity index (χ0) is 44.9. The van der Waals surface area contributed by atoms with Crippen LogP contribution in [0.15, 0.2) is 107 Å². The van der Waals surface area contributed by atoms with Gasteiger partial charge in [-0.3, -0.25) is 19.6 Å². The number of methoxy groups -OCH3 is 4. The number of aliphatic hydroxyl groups excluding tert-OH is 1. The summed E-state index contributed by atoms with van der Waals surface area (Å²) < 4.78 is 74.1. The van der Waals surface area contributed by atoms with E-state index in [1.54, 1.807) is 64.4 Å². The summed E-state index contributed by atoms with van der Waals surface area (Å²) in [6.45, 7) is 5.98. The molecule has 2 heterocycles. The summed E-state index contributed by atoms with van der Waals surface area (Å²) in [5, 5.41) is 10.8. The quantitative estimate of drug-likeness (QED) is 0.134. The average Bonchev–Trinajstić information content (AvgIpc) is 3.24. The highest BCUT2D eigenvalue weighted by molar-refractivity contribution is 7.89. The van der Waals surface area contributed by atoms with E-state index < -0.39 is 45.1 Å². The van der Waals surface area contributed by atoms with Crippen molar-refractivity contribution in [3.05, 3.63) is 131 Å². The summed E-state index contributed by atoms with van der Waals surface area (Å²) in [6, 6.07) is 25.8. The van der Waals surface area contributed by atoms with Gasteiger partial charge in [0, 0.05) is 29.7 Å². The van der Waals surface area contributed by atoms with E-state index in [0.717, 1.165) is 31.7 Å². The largest absolute Gasteiger partial charge is 0.497 e. The minimum atomic E-state index is -3.99. The fourth-order valence-electron chi connectivity index (χ4n) is 6.36. The fourth-order valence-corrected chi connectivity index (χ4v) is 9.56. The summed E-state index contributed by atoms with van der Waals surface area (Å²) in [5.41, 5.74) is 5.49. The van der Waals surface area contributed by atoms with E-state index in [1.807, 2.05) is 60.7 Å². The molecule has 2 N–H and O–H groups in total. The van der Waals surface area contributed by atoms with Gasteiger partial charge in [0.1, 0.15) is 24.6 Å². The van der Waals surface area contributed by atoms with Crippen LogP contribution in [0.4, 0.5) is 0 Å². The van der Waals surface area contributed by atoms with Crippen LogP contribution in [-0.2, 0) is 52.3 Å². The van der Waals surface area contributed by atoms with Gasteiger partial charge in [0.15, 0.2) is 0 Å². The molecule has 6 aromatic rings. The van der Waals surface area contributed by atoms with Gasteiger partial charge in [-0.2, -0.15) is 9.03 Å². The second-order valence-corrected chi connectivity index (χ2v) is 17.2. The first kappa shape index (κ1) is 47.7. The van der Waals surface area contributed by atoms with E-state index in [2.05, 4.69) is 19.4 Å². The highest BCUT2D eigenvalue weighted by atomic mass is 32.2. The Morgan fingerprint density at radius 2 is 1.08 bits per heavy atom. The predicted octanol–water partition coefficient (Wildman–Crippen LogP) is 5.71. The van der Waals surface area contributed by atoms with Crippen molar-refractivity contribution in [1.29, 1.82) is 0 Å². The van der Waals surface area contributed by atoms with Crippen LogP contribution in [0.1, 0.15) is 33.4 Å². The number of para-hydroxylation sites is 2. The molecule has 0 atom stereocenters. The molecule has 2 aromatic heterocycles. The summed E-state index contributed by atoms with van der Waals surface area (Å²) in [6.07, 6.45) is 3.32. The Morgan fingerprint density at radius 1 is 0.639 bits per heavy atom. The monoisotopic (exact) mass is 874 g/mol. The average molecular weight is 875 g/mol. The van der Waals surface area contributed by atoms with Crippen LogP contribution in [0.25, 0.3) is 21.8 Å². The Hall–Kier alpha value is -5.98. The van der Waals surface area contributed by atoms with Crippen LogP contribution in [0, 0.1) is 27.7 Å². The topological polar surface area (TPSA) is 201 Å². The number of hydrogen-bond donors (Lipinski definition) is 2. The number of aryl methyl sites for hydroxylation is 4. The van der Waals surface area contributed by atoms with E-state index in [4.69, 9.17) is 19.3 Å². The second-order valence-electron chi connectivity index (χ2n) is 13.7. The van der Waals surface area contributed by atoms with E-state index in [0.29, 0.717) is 39.3 Å². The molecule has 0 saturated carbocycles. The normalized spacial score (nSPS) is 11.2. The highest BCUT2D eigenvalue weighted by Gasteiger charge is 2.31. The summed E-state index contributed by atoms with van der Waals surface area (Å²) in [5.74, 6) is -0.132. The van der Waals surface area contributed by atoms with E-state index in [-0.39, 0.29) is 22.9 Å². The molecular formula is C44H50N4O11S2. The number of esters is 2. The van der Waals surface area contributed by atoms with Gasteiger partial charge < -0.3 is 24.1 Å². The molecule has 0 amide bonds. The molecule has 4 aromatic carbocycles. The molecule has 0 fully saturated rings. The fraction of sp³-hybridized carbons (Fsp3) is 0.273. The molecule has 0 unspecified atom stereocenters. The molecular weight excluding hydrogens is 825 g/mol. The van der Waals surface area contributed by atoms with Crippen LogP contribution in [0.3, 0.4) is 0 Å². The third-order valence-corrected chi connectivity index (χ3v) is 13.0. The van der Waals surface area contributed by atoms with E-state index in [9.17, 15) is 26.4 Å². The number of nitrogens with zero attached hydrogens (tertiary/aromatic N) is 3. The lowest BCUT2D eigenvalue weighted by atomic mass is 10.1. The standard InChI is InChI=1S/C22H24N2O5S.C12H17NO5S.C10H9NO/c1-15-9-19(28-3)10-16(2)22(15)30(26,27)24(14-21(25)29-4)13-17-11-18-7-5-6-8-20(18)23-12-17;1-8-5-10(17-3)6-9(2)12(8)19(15,16)13-7-11(14)18-4;12-7-8-5-9-3-1-2-4-10(9)11-6-8/h5-12H,13-14H2,1-4H3;5-6,13H,7H2,1-4H3;1-6,12H,7H2. The molecule has 324 valence electrons.